The van der Waals surface area contributed by atoms with E-state index >= 15 is 0 Å². The summed E-state index contributed by atoms with van der Waals surface area (Å²) in [4.78, 5) is 25.2. The number of fused-ring (bicyclic) bond motifs is 1. The number of nitrogens with zero attached hydrogens (tertiary/aromatic N) is 3. The number of nitrogens with two attached hydrogens (primary N) is 1. The molecule has 26 heavy (non-hydrogen) atoms. The van der Waals surface area contributed by atoms with Crippen LogP contribution < -0.4 is 5.73 Å². The van der Waals surface area contributed by atoms with Gasteiger partial charge in [0, 0.05) is 22.9 Å². The molecule has 1 aliphatic heterocycles. The molecule has 5 nitrogen and oxygen atoms in total. The Morgan fingerprint density at radius 1 is 1.23 bits per heavy atom. The Bertz CT molecular complexity index is 1050. The number of thioether (sulfide) groups is 2. The first-order valence-electron chi connectivity index (χ1n) is 8.13. The SMILES string of the molecule is Cc1ccc(C(=O)SC2=NCCS2)cc1-c1ccc2nc(N)ncc2c1. The van der Waals surface area contributed by atoms with Crippen molar-refractivity contribution in [2.75, 3.05) is 18.0 Å². The molecule has 0 unspecified atom stereocenters. The number of aromatic nitrogens is 2. The summed E-state index contributed by atoms with van der Waals surface area (Å²) < 4.78 is 0.859. The van der Waals surface area contributed by atoms with E-state index in [2.05, 4.69) is 15.0 Å². The van der Waals surface area contributed by atoms with Gasteiger partial charge in [0.25, 0.3) is 0 Å². The summed E-state index contributed by atoms with van der Waals surface area (Å²) in [7, 11) is 0. The Morgan fingerprint density at radius 2 is 2.12 bits per heavy atom. The number of anilines is 1. The lowest BCUT2D eigenvalue weighted by Crippen LogP contribution is -1.98. The van der Waals surface area contributed by atoms with Crippen molar-refractivity contribution in [2.24, 2.45) is 4.99 Å². The lowest BCUT2D eigenvalue weighted by Gasteiger charge is -2.10. The van der Waals surface area contributed by atoms with Gasteiger partial charge in [-0.15, -0.1) is 0 Å². The molecule has 7 heteroatoms. The third kappa shape index (κ3) is 3.45. The number of hydrogen-bond donors (Lipinski definition) is 1. The number of aliphatic imine (C=N–C) groups is 1. The standard InChI is InChI=1S/C19H16N4OS2/c1-11-2-3-13(17(24)26-19-21-6-7-25-19)9-15(11)12-4-5-16-14(8-12)10-22-18(20)23-16/h2-5,8-10H,6-7H2,1H3,(H2,20,22,23). The normalized spacial score (nSPS) is 13.8. The number of aryl methyl sites for hydroxylation is 1. The van der Waals surface area contributed by atoms with Crippen LogP contribution in [0.2, 0.25) is 0 Å². The van der Waals surface area contributed by atoms with Gasteiger partial charge in [0.05, 0.1) is 12.1 Å². The van der Waals surface area contributed by atoms with Crippen LogP contribution in [0.3, 0.4) is 0 Å². The van der Waals surface area contributed by atoms with Gasteiger partial charge in [0.15, 0.2) is 0 Å². The predicted molar refractivity (Wildman–Crippen MR) is 111 cm³/mol. The van der Waals surface area contributed by atoms with Gasteiger partial charge in [-0.3, -0.25) is 9.79 Å². The van der Waals surface area contributed by atoms with Crippen LogP contribution in [0.5, 0.6) is 0 Å². The second-order valence-corrected chi connectivity index (χ2v) is 8.22. The largest absolute Gasteiger partial charge is 0.368 e. The average molecular weight is 380 g/mol. The highest BCUT2D eigenvalue weighted by Crippen LogP contribution is 2.30. The van der Waals surface area contributed by atoms with Gasteiger partial charge in [-0.2, -0.15) is 0 Å². The summed E-state index contributed by atoms with van der Waals surface area (Å²) in [6.45, 7) is 2.83. The Kier molecular flexibility index (Phi) is 4.65. The molecule has 0 fully saturated rings. The fourth-order valence-corrected chi connectivity index (χ4v) is 4.60. The molecule has 0 saturated carbocycles. The van der Waals surface area contributed by atoms with Gasteiger partial charge in [0.1, 0.15) is 4.38 Å². The summed E-state index contributed by atoms with van der Waals surface area (Å²) in [6, 6.07) is 11.7. The molecule has 0 aliphatic carbocycles. The van der Waals surface area contributed by atoms with Gasteiger partial charge in [-0.1, -0.05) is 30.0 Å². The minimum absolute atomic E-state index is 0.0243. The molecule has 3 aromatic rings. The van der Waals surface area contributed by atoms with E-state index in [1.165, 1.54) is 11.8 Å². The fraction of sp³-hybridized carbons (Fsp3) is 0.158. The summed E-state index contributed by atoms with van der Waals surface area (Å²) >= 11 is 2.85. The van der Waals surface area contributed by atoms with Crippen molar-refractivity contribution in [3.63, 3.8) is 0 Å². The minimum Gasteiger partial charge on any atom is -0.368 e. The highest BCUT2D eigenvalue weighted by molar-refractivity contribution is 8.45. The number of carbonyl (C=O) groups excluding carboxylic acids is 1. The highest BCUT2D eigenvalue weighted by atomic mass is 32.2. The van der Waals surface area contributed by atoms with Crippen LogP contribution in [0.1, 0.15) is 15.9 Å². The van der Waals surface area contributed by atoms with Crippen molar-refractivity contribution in [3.8, 4) is 11.1 Å². The molecule has 4 rings (SSSR count). The number of nitrogen functional groups attached to an aromatic ring is 1. The Labute approximate surface area is 159 Å². The molecule has 1 aromatic heterocycles. The van der Waals surface area contributed by atoms with Crippen LogP contribution in [0.15, 0.2) is 47.6 Å². The van der Waals surface area contributed by atoms with Crippen LogP contribution >= 0.6 is 23.5 Å². The van der Waals surface area contributed by atoms with E-state index in [1.54, 1.807) is 18.0 Å². The van der Waals surface area contributed by atoms with Gasteiger partial charge in [-0.25, -0.2) is 9.97 Å². The molecule has 0 amide bonds. The minimum atomic E-state index is 0.0243. The predicted octanol–water partition coefficient (Wildman–Crippen LogP) is 4.16. The lowest BCUT2D eigenvalue weighted by molar-refractivity contribution is 0.109. The van der Waals surface area contributed by atoms with E-state index in [0.717, 1.165) is 44.3 Å². The van der Waals surface area contributed by atoms with Gasteiger partial charge in [-0.05, 0) is 53.6 Å². The second kappa shape index (κ2) is 7.09. The average Bonchev–Trinajstić information content (AvgIpc) is 3.14. The molecule has 2 aromatic carbocycles. The molecule has 2 heterocycles. The Hall–Kier alpha value is -2.38. The maximum atomic E-state index is 12.6. The summed E-state index contributed by atoms with van der Waals surface area (Å²) in [5.41, 5.74) is 10.3. The summed E-state index contributed by atoms with van der Waals surface area (Å²) in [5.74, 6) is 1.22. The van der Waals surface area contributed by atoms with E-state index in [0.29, 0.717) is 5.56 Å². The van der Waals surface area contributed by atoms with Crippen molar-refractivity contribution in [1.29, 1.82) is 0 Å². The van der Waals surface area contributed by atoms with Gasteiger partial charge >= 0.3 is 0 Å². The molecule has 130 valence electrons. The van der Waals surface area contributed by atoms with Crippen LogP contribution in [0.4, 0.5) is 5.95 Å². The molecular formula is C19H16N4OS2. The maximum Gasteiger partial charge on any atom is 0.226 e. The zero-order valence-electron chi connectivity index (χ0n) is 14.1. The Balaban J connectivity index is 1.69. The van der Waals surface area contributed by atoms with Crippen LogP contribution in [0, 0.1) is 6.92 Å². The summed E-state index contributed by atoms with van der Waals surface area (Å²) in [5, 5.41) is 0.940. The van der Waals surface area contributed by atoms with Crippen LogP contribution in [0.25, 0.3) is 22.0 Å². The zero-order valence-corrected chi connectivity index (χ0v) is 15.7. The van der Waals surface area contributed by atoms with Crippen LogP contribution in [-0.2, 0) is 0 Å². The van der Waals surface area contributed by atoms with Crippen molar-refractivity contribution >= 4 is 49.9 Å². The molecule has 0 bridgehead atoms. The molecule has 0 spiro atoms. The molecule has 0 saturated heterocycles. The maximum absolute atomic E-state index is 12.6. The summed E-state index contributed by atoms with van der Waals surface area (Å²) in [6.07, 6.45) is 1.72. The van der Waals surface area contributed by atoms with Crippen molar-refractivity contribution in [1.82, 2.24) is 9.97 Å². The van der Waals surface area contributed by atoms with E-state index < -0.39 is 0 Å². The van der Waals surface area contributed by atoms with Crippen molar-refractivity contribution < 1.29 is 4.79 Å². The third-order valence-corrected chi connectivity index (χ3v) is 6.21. The first-order chi connectivity index (χ1) is 12.6. The quantitative estimate of drug-likeness (QED) is 0.719. The Morgan fingerprint density at radius 3 is 2.92 bits per heavy atom. The number of benzene rings is 2. The molecule has 0 atom stereocenters. The number of rotatable bonds is 2. The topological polar surface area (TPSA) is 81.2 Å². The van der Waals surface area contributed by atoms with E-state index in [1.807, 2.05) is 43.3 Å². The monoisotopic (exact) mass is 380 g/mol. The fourth-order valence-electron chi connectivity index (χ4n) is 2.79. The second-order valence-electron chi connectivity index (χ2n) is 5.92. The molecule has 0 radical (unpaired) electrons. The lowest BCUT2D eigenvalue weighted by atomic mass is 9.97. The first kappa shape index (κ1) is 17.1. The molecule has 2 N–H and O–H groups in total. The first-order valence-corrected chi connectivity index (χ1v) is 9.93. The highest BCUT2D eigenvalue weighted by Gasteiger charge is 2.16. The van der Waals surface area contributed by atoms with Gasteiger partial charge < -0.3 is 5.73 Å². The number of carbonyl (C=O) groups is 1. The van der Waals surface area contributed by atoms with E-state index in [9.17, 15) is 4.79 Å². The van der Waals surface area contributed by atoms with E-state index in [-0.39, 0.29) is 11.1 Å². The molecular weight excluding hydrogens is 364 g/mol. The smallest absolute Gasteiger partial charge is 0.226 e. The van der Waals surface area contributed by atoms with Crippen molar-refractivity contribution in [2.45, 2.75) is 6.92 Å². The zero-order chi connectivity index (χ0) is 18.1. The third-order valence-electron chi connectivity index (χ3n) is 4.12. The molecule has 1 aliphatic rings. The van der Waals surface area contributed by atoms with Crippen LogP contribution in [-0.4, -0.2) is 31.8 Å². The van der Waals surface area contributed by atoms with Crippen molar-refractivity contribution in [3.05, 3.63) is 53.7 Å². The van der Waals surface area contributed by atoms with E-state index in [4.69, 9.17) is 5.73 Å². The number of hydrogen-bond acceptors (Lipinski definition) is 7. The van der Waals surface area contributed by atoms with Gasteiger partial charge in [0.2, 0.25) is 11.1 Å².